The van der Waals surface area contributed by atoms with Gasteiger partial charge in [0.2, 0.25) is 23.6 Å². The first-order valence-corrected chi connectivity index (χ1v) is 19.6. The fourth-order valence-corrected chi connectivity index (χ4v) is 7.70. The SMILES string of the molecule is CC(C)C[C@@H](NC(=O)[C@@H](Cc1ccccc1)NC(=O)[C@H](N)Cc1ccccc1)C(=O)N[C@H](CCCCN)C(=O)N1CCC2(CC1)CNC(=O)c1ccccc12. The molecule has 294 valence electrons. The van der Waals surface area contributed by atoms with Gasteiger partial charge in [0.15, 0.2) is 0 Å². The first kappa shape index (κ1) is 41.1. The highest BCUT2D eigenvalue weighted by atomic mass is 16.2. The van der Waals surface area contributed by atoms with Crippen LogP contribution in [0.25, 0.3) is 0 Å². The quantitative estimate of drug-likeness (QED) is 0.114. The molecule has 1 fully saturated rings. The summed E-state index contributed by atoms with van der Waals surface area (Å²) in [6, 6.07) is 22.8. The number of nitrogens with one attached hydrogen (secondary N) is 4. The van der Waals surface area contributed by atoms with Gasteiger partial charge in [0.25, 0.3) is 5.91 Å². The van der Waals surface area contributed by atoms with Gasteiger partial charge in [-0.1, -0.05) is 92.7 Å². The van der Waals surface area contributed by atoms with Crippen LogP contribution in [0.2, 0.25) is 0 Å². The van der Waals surface area contributed by atoms with Crippen LogP contribution in [-0.2, 0) is 37.4 Å². The Kier molecular flexibility index (Phi) is 14.6. The fraction of sp³-hybridized carbons (Fsp3) is 0.465. The van der Waals surface area contributed by atoms with Crippen molar-refractivity contribution in [2.45, 2.75) is 94.8 Å². The van der Waals surface area contributed by atoms with Crippen molar-refractivity contribution >= 4 is 29.5 Å². The van der Waals surface area contributed by atoms with Crippen LogP contribution >= 0.6 is 0 Å². The van der Waals surface area contributed by atoms with E-state index in [4.69, 9.17) is 11.5 Å². The first-order valence-electron chi connectivity index (χ1n) is 19.6. The second-order valence-corrected chi connectivity index (χ2v) is 15.4. The summed E-state index contributed by atoms with van der Waals surface area (Å²) in [7, 11) is 0. The normalized spacial score (nSPS) is 17.0. The monoisotopic (exact) mass is 751 g/mol. The van der Waals surface area contributed by atoms with Crippen LogP contribution in [0.1, 0.15) is 79.4 Å². The predicted octanol–water partition coefficient (Wildman–Crippen LogP) is 2.73. The third-order valence-electron chi connectivity index (χ3n) is 10.8. The van der Waals surface area contributed by atoms with E-state index in [2.05, 4.69) is 21.3 Å². The lowest BCUT2D eigenvalue weighted by Crippen LogP contribution is -2.59. The van der Waals surface area contributed by atoms with Crippen molar-refractivity contribution in [2.75, 3.05) is 26.2 Å². The van der Waals surface area contributed by atoms with Crippen LogP contribution in [0.4, 0.5) is 0 Å². The Bertz CT molecular complexity index is 1760. The van der Waals surface area contributed by atoms with Crippen molar-refractivity contribution in [1.29, 1.82) is 0 Å². The smallest absolute Gasteiger partial charge is 0.251 e. The number of fused-ring (bicyclic) bond motifs is 2. The lowest BCUT2D eigenvalue weighted by molar-refractivity contribution is -0.139. The molecule has 0 radical (unpaired) electrons. The maximum atomic E-state index is 14.2. The molecule has 55 heavy (non-hydrogen) atoms. The molecule has 5 rings (SSSR count). The summed E-state index contributed by atoms with van der Waals surface area (Å²) in [5.74, 6) is -1.68. The van der Waals surface area contributed by atoms with Crippen LogP contribution in [-0.4, -0.2) is 84.8 Å². The molecule has 12 heteroatoms. The molecular formula is C43H57N7O5. The zero-order valence-corrected chi connectivity index (χ0v) is 32.1. The van der Waals surface area contributed by atoms with E-state index in [0.29, 0.717) is 76.7 Å². The largest absolute Gasteiger partial charge is 0.351 e. The minimum atomic E-state index is -1.00. The number of hydrogen-bond acceptors (Lipinski definition) is 7. The van der Waals surface area contributed by atoms with Gasteiger partial charge in [0.1, 0.15) is 18.1 Å². The maximum Gasteiger partial charge on any atom is 0.251 e. The Morgan fingerprint density at radius 1 is 0.745 bits per heavy atom. The minimum Gasteiger partial charge on any atom is -0.351 e. The van der Waals surface area contributed by atoms with Crippen molar-refractivity contribution in [3.63, 3.8) is 0 Å². The van der Waals surface area contributed by atoms with Gasteiger partial charge in [-0.15, -0.1) is 0 Å². The van der Waals surface area contributed by atoms with E-state index in [1.807, 2.05) is 98.8 Å². The standard InChI is InChI=1S/C43H57N7O5/c1-29(2)25-36(49-41(54)37(27-31-15-7-4-8-16-31)48-39(52)34(45)26-30-13-5-3-6-14-30)40(53)47-35(19-11-12-22-44)42(55)50-23-20-43(21-24-50)28-46-38(51)32-17-9-10-18-33(32)43/h3-10,13-18,29,34-37H,11-12,19-28,44-45H2,1-2H3,(H,46,51)(H,47,53)(H,48,52)(H,49,54)/t34-,35-,36-,37-/m1/s1. The number of hydrogen-bond donors (Lipinski definition) is 6. The molecule has 0 unspecified atom stereocenters. The van der Waals surface area contributed by atoms with Crippen molar-refractivity contribution in [3.8, 4) is 0 Å². The second kappa shape index (κ2) is 19.5. The summed E-state index contributed by atoms with van der Waals surface area (Å²) < 4.78 is 0. The summed E-state index contributed by atoms with van der Waals surface area (Å²) in [6.07, 6.45) is 3.89. The Balaban J connectivity index is 1.28. The number of amides is 5. The number of rotatable bonds is 17. The molecule has 1 spiro atoms. The van der Waals surface area contributed by atoms with Crippen LogP contribution in [0.3, 0.4) is 0 Å². The summed E-state index contributed by atoms with van der Waals surface area (Å²) in [6.45, 7) is 5.84. The number of carbonyl (C=O) groups is 5. The molecule has 12 nitrogen and oxygen atoms in total. The highest BCUT2D eigenvalue weighted by Gasteiger charge is 2.43. The highest BCUT2D eigenvalue weighted by Crippen LogP contribution is 2.39. The molecule has 8 N–H and O–H groups in total. The molecule has 3 aromatic rings. The van der Waals surface area contributed by atoms with E-state index < -0.39 is 41.9 Å². The van der Waals surface area contributed by atoms with Crippen molar-refractivity contribution in [2.24, 2.45) is 17.4 Å². The van der Waals surface area contributed by atoms with Crippen LogP contribution < -0.4 is 32.7 Å². The zero-order chi connectivity index (χ0) is 39.4. The average Bonchev–Trinajstić information content (AvgIpc) is 3.19. The van der Waals surface area contributed by atoms with Crippen molar-refractivity contribution in [1.82, 2.24) is 26.2 Å². The molecule has 4 atom stereocenters. The van der Waals surface area contributed by atoms with E-state index in [-0.39, 0.29) is 29.6 Å². The van der Waals surface area contributed by atoms with Gasteiger partial charge in [-0.2, -0.15) is 0 Å². The van der Waals surface area contributed by atoms with Gasteiger partial charge in [0.05, 0.1) is 6.04 Å². The van der Waals surface area contributed by atoms with Crippen molar-refractivity contribution in [3.05, 3.63) is 107 Å². The number of likely N-dealkylation sites (tertiary alicyclic amines) is 1. The Labute approximate surface area is 324 Å². The number of carbonyl (C=O) groups excluding carboxylic acids is 5. The number of nitrogens with zero attached hydrogens (tertiary/aromatic N) is 1. The Hall–Kier alpha value is -5.07. The van der Waals surface area contributed by atoms with Crippen molar-refractivity contribution < 1.29 is 24.0 Å². The lowest BCUT2D eigenvalue weighted by atomic mass is 9.69. The summed E-state index contributed by atoms with van der Waals surface area (Å²) in [4.78, 5) is 70.0. The Morgan fingerprint density at radius 2 is 1.31 bits per heavy atom. The second-order valence-electron chi connectivity index (χ2n) is 15.4. The predicted molar refractivity (Wildman–Crippen MR) is 213 cm³/mol. The third-order valence-corrected chi connectivity index (χ3v) is 10.8. The lowest BCUT2D eigenvalue weighted by Gasteiger charge is -2.45. The van der Waals surface area contributed by atoms with E-state index in [1.165, 1.54) is 0 Å². The average molecular weight is 752 g/mol. The number of benzene rings is 3. The van der Waals surface area contributed by atoms with E-state index in [0.717, 1.165) is 16.7 Å². The van der Waals surface area contributed by atoms with Crippen LogP contribution in [0.15, 0.2) is 84.9 Å². The van der Waals surface area contributed by atoms with Gasteiger partial charge in [-0.25, -0.2) is 0 Å². The van der Waals surface area contributed by atoms with E-state index in [9.17, 15) is 24.0 Å². The van der Waals surface area contributed by atoms with Crippen LogP contribution in [0, 0.1) is 5.92 Å². The maximum absolute atomic E-state index is 14.2. The Morgan fingerprint density at radius 3 is 1.95 bits per heavy atom. The molecule has 1 saturated heterocycles. The molecular weight excluding hydrogens is 695 g/mol. The molecule has 2 heterocycles. The van der Waals surface area contributed by atoms with Gasteiger partial charge in [-0.3, -0.25) is 24.0 Å². The highest BCUT2D eigenvalue weighted by molar-refractivity contribution is 5.98. The number of piperidine rings is 1. The number of unbranched alkanes of at least 4 members (excludes halogenated alkanes) is 1. The molecule has 0 aliphatic carbocycles. The zero-order valence-electron chi connectivity index (χ0n) is 32.1. The molecule has 2 aliphatic heterocycles. The summed E-state index contributed by atoms with van der Waals surface area (Å²) in [5.41, 5.74) is 15.3. The molecule has 5 amide bonds. The molecule has 0 bridgehead atoms. The van der Waals surface area contributed by atoms with Gasteiger partial charge in [-0.05, 0) is 80.2 Å². The van der Waals surface area contributed by atoms with E-state index >= 15 is 0 Å². The van der Waals surface area contributed by atoms with Gasteiger partial charge >= 0.3 is 0 Å². The molecule has 0 aromatic heterocycles. The fourth-order valence-electron chi connectivity index (χ4n) is 7.70. The summed E-state index contributed by atoms with van der Waals surface area (Å²) in [5, 5.41) is 11.8. The minimum absolute atomic E-state index is 0.0287. The first-order chi connectivity index (χ1) is 26.5. The molecule has 0 saturated carbocycles. The van der Waals surface area contributed by atoms with Gasteiger partial charge in [0, 0.05) is 37.0 Å². The summed E-state index contributed by atoms with van der Waals surface area (Å²) >= 11 is 0. The van der Waals surface area contributed by atoms with Gasteiger partial charge < -0.3 is 37.6 Å². The molecule has 3 aromatic carbocycles. The number of nitrogens with two attached hydrogens (primary N) is 2. The third kappa shape index (κ3) is 11.0. The van der Waals surface area contributed by atoms with E-state index in [1.54, 1.807) is 4.90 Å². The topological polar surface area (TPSA) is 189 Å². The van der Waals surface area contributed by atoms with Crippen LogP contribution in [0.5, 0.6) is 0 Å². The molecule has 2 aliphatic rings.